The predicted octanol–water partition coefficient (Wildman–Crippen LogP) is 1.00. The SMILES string of the molecule is CCN1Cc2nnnn2-c2ccccc21. The topological polar surface area (TPSA) is 46.8 Å². The first-order valence-electron chi connectivity index (χ1n) is 5.01. The molecule has 0 bridgehead atoms. The molecule has 0 amide bonds. The normalized spacial score (nSPS) is 13.5. The van der Waals surface area contributed by atoms with Gasteiger partial charge in [-0.2, -0.15) is 4.68 Å². The molecule has 0 atom stereocenters. The van der Waals surface area contributed by atoms with Gasteiger partial charge in [-0.15, -0.1) is 5.10 Å². The van der Waals surface area contributed by atoms with Gasteiger partial charge in [-0.1, -0.05) is 12.1 Å². The van der Waals surface area contributed by atoms with Crippen molar-refractivity contribution in [1.82, 2.24) is 20.2 Å². The standard InChI is InChI=1S/C10H11N5/c1-2-14-7-10-11-12-13-15(10)9-6-4-3-5-8(9)14/h3-6H,2,7H2,1H3. The van der Waals surface area contributed by atoms with E-state index in [0.717, 1.165) is 24.6 Å². The Labute approximate surface area is 87.3 Å². The molecule has 1 aromatic heterocycles. The van der Waals surface area contributed by atoms with Gasteiger partial charge in [0.1, 0.15) is 0 Å². The van der Waals surface area contributed by atoms with Gasteiger partial charge in [0.05, 0.1) is 17.9 Å². The van der Waals surface area contributed by atoms with Gasteiger partial charge in [0.25, 0.3) is 0 Å². The quantitative estimate of drug-likeness (QED) is 0.690. The van der Waals surface area contributed by atoms with Crippen molar-refractivity contribution in [3.63, 3.8) is 0 Å². The summed E-state index contributed by atoms with van der Waals surface area (Å²) >= 11 is 0. The van der Waals surface area contributed by atoms with E-state index in [1.165, 1.54) is 5.69 Å². The highest BCUT2D eigenvalue weighted by atomic mass is 15.6. The summed E-state index contributed by atoms with van der Waals surface area (Å²) in [5.74, 6) is 0.899. The first-order chi connectivity index (χ1) is 7.40. The lowest BCUT2D eigenvalue weighted by Gasteiger charge is -2.28. The van der Waals surface area contributed by atoms with Crippen LogP contribution in [-0.2, 0) is 6.54 Å². The van der Waals surface area contributed by atoms with Crippen LogP contribution < -0.4 is 4.90 Å². The summed E-state index contributed by atoms with van der Waals surface area (Å²) in [6.45, 7) is 3.88. The van der Waals surface area contributed by atoms with Gasteiger partial charge >= 0.3 is 0 Å². The van der Waals surface area contributed by atoms with Crippen molar-refractivity contribution in [2.24, 2.45) is 0 Å². The maximum Gasteiger partial charge on any atom is 0.176 e. The molecular formula is C10H11N5. The average molecular weight is 201 g/mol. The smallest absolute Gasteiger partial charge is 0.176 e. The summed E-state index contributed by atoms with van der Waals surface area (Å²) in [6.07, 6.45) is 0. The Bertz CT molecular complexity index is 490. The largest absolute Gasteiger partial charge is 0.362 e. The Morgan fingerprint density at radius 1 is 1.27 bits per heavy atom. The number of anilines is 1. The van der Waals surface area contributed by atoms with E-state index >= 15 is 0 Å². The second kappa shape index (κ2) is 3.05. The molecule has 3 rings (SSSR count). The number of fused-ring (bicyclic) bond motifs is 3. The molecule has 2 heterocycles. The van der Waals surface area contributed by atoms with Crippen LogP contribution in [0.1, 0.15) is 12.7 Å². The van der Waals surface area contributed by atoms with E-state index in [-0.39, 0.29) is 0 Å². The number of hydrogen-bond acceptors (Lipinski definition) is 4. The second-order valence-electron chi connectivity index (χ2n) is 3.51. The zero-order chi connectivity index (χ0) is 10.3. The van der Waals surface area contributed by atoms with E-state index in [1.54, 1.807) is 0 Å². The Balaban J connectivity index is 2.24. The van der Waals surface area contributed by atoms with Crippen LogP contribution in [0.4, 0.5) is 5.69 Å². The van der Waals surface area contributed by atoms with E-state index in [4.69, 9.17) is 0 Å². The number of para-hydroxylation sites is 2. The van der Waals surface area contributed by atoms with E-state index in [0.29, 0.717) is 0 Å². The van der Waals surface area contributed by atoms with Gasteiger partial charge in [0, 0.05) is 6.54 Å². The van der Waals surface area contributed by atoms with Crippen LogP contribution in [-0.4, -0.2) is 26.8 Å². The lowest BCUT2D eigenvalue weighted by molar-refractivity contribution is 0.690. The van der Waals surface area contributed by atoms with Gasteiger partial charge in [0.2, 0.25) is 0 Å². The van der Waals surface area contributed by atoms with Gasteiger partial charge < -0.3 is 4.90 Å². The zero-order valence-electron chi connectivity index (χ0n) is 8.46. The number of rotatable bonds is 1. The summed E-state index contributed by atoms with van der Waals surface area (Å²) in [5.41, 5.74) is 2.26. The number of hydrogen-bond donors (Lipinski definition) is 0. The molecule has 0 fully saturated rings. The van der Waals surface area contributed by atoms with Crippen molar-refractivity contribution in [2.45, 2.75) is 13.5 Å². The number of aromatic nitrogens is 4. The van der Waals surface area contributed by atoms with Crippen LogP contribution in [0.25, 0.3) is 5.69 Å². The predicted molar refractivity (Wildman–Crippen MR) is 55.9 cm³/mol. The third-order valence-corrected chi connectivity index (χ3v) is 2.70. The maximum atomic E-state index is 4.01. The van der Waals surface area contributed by atoms with E-state index in [9.17, 15) is 0 Å². The minimum Gasteiger partial charge on any atom is -0.362 e. The van der Waals surface area contributed by atoms with Crippen molar-refractivity contribution >= 4 is 5.69 Å². The van der Waals surface area contributed by atoms with Crippen molar-refractivity contribution in [3.8, 4) is 5.69 Å². The fourth-order valence-corrected chi connectivity index (χ4v) is 1.94. The molecule has 76 valence electrons. The number of nitrogens with zero attached hydrogens (tertiary/aromatic N) is 5. The van der Waals surface area contributed by atoms with E-state index in [1.807, 2.05) is 22.9 Å². The molecule has 0 aliphatic carbocycles. The summed E-state index contributed by atoms with van der Waals surface area (Å²) in [5, 5.41) is 11.7. The van der Waals surface area contributed by atoms with E-state index < -0.39 is 0 Å². The van der Waals surface area contributed by atoms with Crippen molar-refractivity contribution in [3.05, 3.63) is 30.1 Å². The Morgan fingerprint density at radius 3 is 2.87 bits per heavy atom. The fraction of sp³-hybridized carbons (Fsp3) is 0.300. The molecule has 0 spiro atoms. The molecular weight excluding hydrogens is 190 g/mol. The average Bonchev–Trinajstić information content (AvgIpc) is 2.76. The first-order valence-corrected chi connectivity index (χ1v) is 5.01. The van der Waals surface area contributed by atoms with Crippen molar-refractivity contribution < 1.29 is 0 Å². The highest BCUT2D eigenvalue weighted by molar-refractivity contribution is 5.64. The minimum atomic E-state index is 0.778. The molecule has 1 aromatic carbocycles. The molecule has 15 heavy (non-hydrogen) atoms. The monoisotopic (exact) mass is 201 g/mol. The summed E-state index contributed by atoms with van der Waals surface area (Å²) in [7, 11) is 0. The molecule has 0 N–H and O–H groups in total. The lowest BCUT2D eigenvalue weighted by Crippen LogP contribution is -2.29. The molecule has 0 saturated heterocycles. The molecule has 0 saturated carbocycles. The molecule has 1 aliphatic rings. The molecule has 1 aliphatic heterocycles. The van der Waals surface area contributed by atoms with Crippen LogP contribution in [0.15, 0.2) is 24.3 Å². The highest BCUT2D eigenvalue weighted by Crippen LogP contribution is 2.29. The highest BCUT2D eigenvalue weighted by Gasteiger charge is 2.22. The molecule has 2 aromatic rings. The van der Waals surface area contributed by atoms with Crippen molar-refractivity contribution in [2.75, 3.05) is 11.4 Å². The number of tetrazole rings is 1. The van der Waals surface area contributed by atoms with Crippen LogP contribution in [0, 0.1) is 0 Å². The van der Waals surface area contributed by atoms with Crippen LogP contribution in [0.5, 0.6) is 0 Å². The van der Waals surface area contributed by atoms with Crippen LogP contribution >= 0.6 is 0 Å². The van der Waals surface area contributed by atoms with Gasteiger partial charge in [-0.3, -0.25) is 0 Å². The summed E-state index contributed by atoms with van der Waals surface area (Å²) in [6, 6.07) is 8.18. The number of benzene rings is 1. The second-order valence-corrected chi connectivity index (χ2v) is 3.51. The zero-order valence-corrected chi connectivity index (χ0v) is 8.46. The lowest BCUT2D eigenvalue weighted by atomic mass is 10.2. The Morgan fingerprint density at radius 2 is 2.07 bits per heavy atom. The molecule has 5 nitrogen and oxygen atoms in total. The third kappa shape index (κ3) is 1.12. The van der Waals surface area contributed by atoms with Crippen molar-refractivity contribution in [1.29, 1.82) is 0 Å². The van der Waals surface area contributed by atoms with E-state index in [2.05, 4.69) is 33.4 Å². The van der Waals surface area contributed by atoms with Crippen LogP contribution in [0.3, 0.4) is 0 Å². The maximum absolute atomic E-state index is 4.01. The Kier molecular flexibility index (Phi) is 1.71. The molecule has 5 heteroatoms. The van der Waals surface area contributed by atoms with Gasteiger partial charge in [-0.05, 0) is 29.5 Å². The minimum absolute atomic E-state index is 0.778. The molecule has 0 radical (unpaired) electrons. The third-order valence-electron chi connectivity index (χ3n) is 2.70. The Hall–Kier alpha value is -1.91. The molecule has 0 unspecified atom stereocenters. The van der Waals surface area contributed by atoms with Gasteiger partial charge in [-0.25, -0.2) is 0 Å². The van der Waals surface area contributed by atoms with Crippen LogP contribution in [0.2, 0.25) is 0 Å². The first kappa shape index (κ1) is 8.40. The summed E-state index contributed by atoms with van der Waals surface area (Å²) < 4.78 is 1.81. The summed E-state index contributed by atoms with van der Waals surface area (Å²) in [4.78, 5) is 2.26. The van der Waals surface area contributed by atoms with Gasteiger partial charge in [0.15, 0.2) is 5.82 Å². The fourth-order valence-electron chi connectivity index (χ4n) is 1.94.